The van der Waals surface area contributed by atoms with Gasteiger partial charge in [-0.15, -0.1) is 0 Å². The fraction of sp³-hybridized carbons (Fsp3) is 0.250. The highest BCUT2D eigenvalue weighted by Crippen LogP contribution is 2.38. The lowest BCUT2D eigenvalue weighted by Gasteiger charge is -2.32. The normalized spacial score (nSPS) is 21.7. The van der Waals surface area contributed by atoms with Gasteiger partial charge < -0.3 is 13.9 Å². The Bertz CT molecular complexity index is 1520. The number of hydrogen-bond acceptors (Lipinski definition) is 2. The van der Waals surface area contributed by atoms with Crippen molar-refractivity contribution in [1.82, 2.24) is 4.57 Å². The molecular weight excluding hydrogens is 345 g/mol. The van der Waals surface area contributed by atoms with Crippen LogP contribution in [0.1, 0.15) is 37.3 Å². The van der Waals surface area contributed by atoms with Gasteiger partial charge in [-0.2, -0.15) is 0 Å². The Morgan fingerprint density at radius 3 is 2.18 bits per heavy atom. The van der Waals surface area contributed by atoms with Gasteiger partial charge in [-0.1, -0.05) is 54.5 Å². The Morgan fingerprint density at radius 2 is 1.46 bits per heavy atom. The molecule has 4 heteroatoms. The lowest BCUT2D eigenvalue weighted by Crippen LogP contribution is -2.41. The number of para-hydroxylation sites is 3. The standard InChI is InChI=1S/C24H24BNO2/c1-23(2)24(3,4)28-25(27-23)20-15-10-14-19-18-13-8-9-16-21(18)26(22(19)20)17-11-6-5-7-12-17/h5-16H,1-4H3/i8D,9D,10D,13D,14D,15D,16D. The highest BCUT2D eigenvalue weighted by Gasteiger charge is 2.52. The second-order valence-corrected chi connectivity index (χ2v) is 8.00. The maximum absolute atomic E-state index is 8.82. The second kappa shape index (κ2) is 5.97. The molecule has 0 bridgehead atoms. The molecule has 0 amide bonds. The van der Waals surface area contributed by atoms with Crippen LogP contribution < -0.4 is 5.46 Å². The number of benzene rings is 3. The van der Waals surface area contributed by atoms with E-state index in [0.717, 1.165) is 0 Å². The first-order chi connectivity index (χ1) is 16.3. The van der Waals surface area contributed by atoms with Gasteiger partial charge in [0, 0.05) is 21.9 Å². The van der Waals surface area contributed by atoms with E-state index in [1.54, 1.807) is 28.8 Å². The van der Waals surface area contributed by atoms with E-state index in [4.69, 9.17) is 18.9 Å². The van der Waals surface area contributed by atoms with E-state index in [1.807, 2.05) is 33.8 Å². The van der Waals surface area contributed by atoms with E-state index in [1.165, 1.54) is 0 Å². The molecule has 0 unspecified atom stereocenters. The van der Waals surface area contributed by atoms with Gasteiger partial charge in [0.05, 0.1) is 31.8 Å². The predicted molar refractivity (Wildman–Crippen MR) is 116 cm³/mol. The minimum Gasteiger partial charge on any atom is -0.399 e. The van der Waals surface area contributed by atoms with Gasteiger partial charge in [-0.3, -0.25) is 0 Å². The Balaban J connectivity index is 2.06. The molecule has 4 aromatic rings. The summed E-state index contributed by atoms with van der Waals surface area (Å²) in [6.45, 7) is 7.51. The number of hydrogen-bond donors (Lipinski definition) is 0. The van der Waals surface area contributed by atoms with Crippen molar-refractivity contribution in [2.75, 3.05) is 0 Å². The molecule has 1 aliphatic rings. The van der Waals surface area contributed by atoms with Crippen LogP contribution in [0.4, 0.5) is 0 Å². The average Bonchev–Trinajstić information content (AvgIpc) is 3.26. The van der Waals surface area contributed by atoms with Gasteiger partial charge in [0.2, 0.25) is 0 Å². The zero-order valence-corrected chi connectivity index (χ0v) is 16.2. The topological polar surface area (TPSA) is 23.4 Å². The number of aromatic nitrogens is 1. The molecule has 1 fully saturated rings. The lowest BCUT2D eigenvalue weighted by atomic mass is 9.77. The molecule has 5 rings (SSSR count). The van der Waals surface area contributed by atoms with Gasteiger partial charge in [0.1, 0.15) is 0 Å². The summed E-state index contributed by atoms with van der Waals surface area (Å²) in [6, 6.07) is 6.74. The third-order valence-corrected chi connectivity index (χ3v) is 5.74. The quantitative estimate of drug-likeness (QED) is 0.456. The van der Waals surface area contributed by atoms with E-state index < -0.39 is 30.4 Å². The molecular formula is C24H24BNO2. The highest BCUT2D eigenvalue weighted by atomic mass is 16.7. The van der Waals surface area contributed by atoms with E-state index >= 15 is 0 Å². The molecule has 1 aromatic heterocycles. The van der Waals surface area contributed by atoms with Gasteiger partial charge in [0.15, 0.2) is 0 Å². The van der Waals surface area contributed by atoms with Gasteiger partial charge in [-0.05, 0) is 45.9 Å². The van der Waals surface area contributed by atoms with Crippen LogP contribution in [-0.4, -0.2) is 22.9 Å². The summed E-state index contributed by atoms with van der Waals surface area (Å²) in [5.74, 6) is 0. The predicted octanol–water partition coefficient (Wildman–Crippen LogP) is 5.08. The summed E-state index contributed by atoms with van der Waals surface area (Å²) in [5.41, 5.74) is -0.170. The van der Waals surface area contributed by atoms with E-state index in [0.29, 0.717) is 11.2 Å². The smallest absolute Gasteiger partial charge is 0.399 e. The van der Waals surface area contributed by atoms with Crippen molar-refractivity contribution in [3.8, 4) is 5.69 Å². The summed E-state index contributed by atoms with van der Waals surface area (Å²) in [4.78, 5) is 0. The van der Waals surface area contributed by atoms with Gasteiger partial charge >= 0.3 is 7.12 Å². The van der Waals surface area contributed by atoms with Crippen LogP contribution in [0.2, 0.25) is 0 Å². The van der Waals surface area contributed by atoms with Gasteiger partial charge in [-0.25, -0.2) is 0 Å². The summed E-state index contributed by atoms with van der Waals surface area (Å²) < 4.78 is 74.2. The molecule has 3 aromatic carbocycles. The number of nitrogens with zero attached hydrogens (tertiary/aromatic N) is 1. The van der Waals surface area contributed by atoms with Crippen LogP contribution in [0.25, 0.3) is 27.5 Å². The molecule has 140 valence electrons. The third-order valence-electron chi connectivity index (χ3n) is 5.74. The summed E-state index contributed by atoms with van der Waals surface area (Å²) in [7, 11) is -1.04. The van der Waals surface area contributed by atoms with Crippen LogP contribution >= 0.6 is 0 Å². The zero-order valence-electron chi connectivity index (χ0n) is 23.2. The molecule has 0 aliphatic carbocycles. The maximum atomic E-state index is 8.82. The largest absolute Gasteiger partial charge is 0.497 e. The zero-order chi connectivity index (χ0) is 25.6. The molecule has 2 heterocycles. The van der Waals surface area contributed by atoms with E-state index in [-0.39, 0.29) is 52.0 Å². The highest BCUT2D eigenvalue weighted by molar-refractivity contribution is 6.65. The molecule has 0 N–H and O–H groups in total. The Hall–Kier alpha value is -2.56. The average molecular weight is 376 g/mol. The van der Waals surface area contributed by atoms with Gasteiger partial charge in [0.25, 0.3) is 0 Å². The van der Waals surface area contributed by atoms with Crippen LogP contribution in [0.15, 0.2) is 72.6 Å². The fourth-order valence-corrected chi connectivity index (χ4v) is 3.56. The van der Waals surface area contributed by atoms with E-state index in [9.17, 15) is 0 Å². The van der Waals surface area contributed by atoms with Crippen molar-refractivity contribution in [1.29, 1.82) is 0 Å². The number of fused-ring (bicyclic) bond motifs is 3. The lowest BCUT2D eigenvalue weighted by molar-refractivity contribution is 0.00578. The fourth-order valence-electron chi connectivity index (χ4n) is 3.56. The molecule has 28 heavy (non-hydrogen) atoms. The van der Waals surface area contributed by atoms with Crippen LogP contribution in [0.5, 0.6) is 0 Å². The second-order valence-electron chi connectivity index (χ2n) is 8.00. The molecule has 1 aliphatic heterocycles. The monoisotopic (exact) mass is 376 g/mol. The molecule has 0 spiro atoms. The minimum atomic E-state index is -1.04. The van der Waals surface area contributed by atoms with Crippen molar-refractivity contribution in [2.24, 2.45) is 0 Å². The molecule has 1 saturated heterocycles. The molecule has 3 nitrogen and oxygen atoms in total. The van der Waals surface area contributed by atoms with Crippen molar-refractivity contribution in [3.63, 3.8) is 0 Å². The Kier molecular flexibility index (Phi) is 2.44. The van der Waals surface area contributed by atoms with Crippen molar-refractivity contribution in [3.05, 3.63) is 72.6 Å². The minimum absolute atomic E-state index is 0.131. The van der Waals surface area contributed by atoms with E-state index in [2.05, 4.69) is 0 Å². The first-order valence-electron chi connectivity index (χ1n) is 12.7. The van der Waals surface area contributed by atoms with Crippen molar-refractivity contribution >= 4 is 34.4 Å². The maximum Gasteiger partial charge on any atom is 0.497 e. The molecule has 0 radical (unpaired) electrons. The first-order valence-corrected chi connectivity index (χ1v) is 9.25. The van der Waals surface area contributed by atoms with Crippen molar-refractivity contribution in [2.45, 2.75) is 38.9 Å². The molecule has 0 saturated carbocycles. The van der Waals surface area contributed by atoms with Crippen LogP contribution in [-0.2, 0) is 9.31 Å². The Labute approximate surface area is 175 Å². The third kappa shape index (κ3) is 2.45. The summed E-state index contributed by atoms with van der Waals surface area (Å²) in [6.07, 6.45) is 0. The number of rotatable bonds is 2. The first kappa shape index (κ1) is 11.4. The summed E-state index contributed by atoms with van der Waals surface area (Å²) >= 11 is 0. The van der Waals surface area contributed by atoms with Crippen LogP contribution in [0.3, 0.4) is 0 Å². The van der Waals surface area contributed by atoms with Crippen molar-refractivity contribution < 1.29 is 18.9 Å². The Morgan fingerprint density at radius 1 is 0.821 bits per heavy atom. The van der Waals surface area contributed by atoms with Crippen LogP contribution in [0, 0.1) is 0 Å². The SMILES string of the molecule is [2H]c1c([2H])c([2H])c2c(c1[2H])c1c([2H])c([2H])c([2H])c(B3OC(C)(C)C(C)(C)O3)c1n2-c1ccccc1. The summed E-state index contributed by atoms with van der Waals surface area (Å²) in [5, 5.41) is 0.299. The molecule has 0 atom stereocenters.